The van der Waals surface area contributed by atoms with E-state index in [1.165, 1.54) is 11.8 Å². The molecule has 0 heterocycles. The van der Waals surface area contributed by atoms with Crippen LogP contribution in [0.4, 0.5) is 4.79 Å². The third kappa shape index (κ3) is 9.09. The number of rotatable bonds is 8. The van der Waals surface area contributed by atoms with E-state index >= 15 is 0 Å². The number of imide groups is 1. The Balaban J connectivity index is 2.59. The number of benzene rings is 1. The van der Waals surface area contributed by atoms with Crippen molar-refractivity contribution in [2.45, 2.75) is 44.7 Å². The van der Waals surface area contributed by atoms with E-state index in [-0.39, 0.29) is 29.3 Å². The molecule has 0 fully saturated rings. The minimum atomic E-state index is -0.733. The first-order valence-electron chi connectivity index (χ1n) is 8.47. The van der Waals surface area contributed by atoms with E-state index < -0.39 is 24.5 Å². The summed E-state index contributed by atoms with van der Waals surface area (Å²) in [6.07, 6.45) is 0. The number of thioether (sulfide) groups is 1. The van der Waals surface area contributed by atoms with Crippen molar-refractivity contribution in [3.8, 4) is 0 Å². The molecule has 1 aromatic rings. The first-order chi connectivity index (χ1) is 12.7. The Morgan fingerprint density at radius 1 is 0.963 bits per heavy atom. The van der Waals surface area contributed by atoms with Crippen molar-refractivity contribution >= 4 is 35.6 Å². The molecule has 0 spiro atoms. The van der Waals surface area contributed by atoms with Crippen molar-refractivity contribution in [1.29, 1.82) is 0 Å². The van der Waals surface area contributed by atoms with Crippen molar-refractivity contribution in [3.05, 3.63) is 29.8 Å². The van der Waals surface area contributed by atoms with Crippen molar-refractivity contribution in [2.75, 3.05) is 12.4 Å². The lowest BCUT2D eigenvalue weighted by Crippen LogP contribution is -2.44. The molecule has 0 aromatic heterocycles. The molecule has 0 aliphatic carbocycles. The zero-order valence-corrected chi connectivity index (χ0v) is 16.6. The summed E-state index contributed by atoms with van der Waals surface area (Å²) in [5.74, 6) is -1.43. The summed E-state index contributed by atoms with van der Waals surface area (Å²) in [5.41, 5.74) is 0.249. The molecule has 1 rings (SSSR count). The molecule has 0 saturated heterocycles. The van der Waals surface area contributed by atoms with Gasteiger partial charge in [-0.3, -0.25) is 14.9 Å². The summed E-state index contributed by atoms with van der Waals surface area (Å²) in [6, 6.07) is 5.89. The second-order valence-corrected chi connectivity index (χ2v) is 7.28. The number of hydrogen-bond acceptors (Lipinski definition) is 6. The third-order valence-corrected chi connectivity index (χ3v) is 4.00. The predicted molar refractivity (Wildman–Crippen MR) is 103 cm³/mol. The largest absolute Gasteiger partial charge is 0.452 e. The Kier molecular flexibility index (Phi) is 9.35. The van der Waals surface area contributed by atoms with Crippen LogP contribution in [0.3, 0.4) is 0 Å². The van der Waals surface area contributed by atoms with Crippen molar-refractivity contribution < 1.29 is 23.9 Å². The zero-order chi connectivity index (χ0) is 20.4. The van der Waals surface area contributed by atoms with Gasteiger partial charge in [-0.25, -0.2) is 9.59 Å². The summed E-state index contributed by atoms with van der Waals surface area (Å²) < 4.78 is 4.96. The van der Waals surface area contributed by atoms with Gasteiger partial charge in [0.2, 0.25) is 5.91 Å². The molecule has 0 aliphatic rings. The van der Waals surface area contributed by atoms with Crippen LogP contribution in [0.25, 0.3) is 0 Å². The van der Waals surface area contributed by atoms with E-state index in [0.717, 1.165) is 0 Å². The standard InChI is InChI=1S/C18H25N3O5S/c1-11(2)19-16(23)10-27-14-8-6-5-7-13(14)17(24)26-9-15(22)21-18(25)20-12(3)4/h5-8,11-12H,9-10H2,1-4H3,(H,19,23)(H2,20,21,22,25). The van der Waals surface area contributed by atoms with Gasteiger partial charge in [-0.2, -0.15) is 0 Å². The quantitative estimate of drug-likeness (QED) is 0.456. The highest BCUT2D eigenvalue weighted by atomic mass is 32.2. The predicted octanol–water partition coefficient (Wildman–Crippen LogP) is 1.69. The Bertz CT molecular complexity index is 691. The highest BCUT2D eigenvalue weighted by molar-refractivity contribution is 8.00. The maximum Gasteiger partial charge on any atom is 0.339 e. The fraction of sp³-hybridized carbons (Fsp3) is 0.444. The third-order valence-electron chi connectivity index (χ3n) is 2.92. The topological polar surface area (TPSA) is 114 Å². The summed E-state index contributed by atoms with van der Waals surface area (Å²) in [4.78, 5) is 47.7. The molecule has 27 heavy (non-hydrogen) atoms. The van der Waals surface area contributed by atoms with Crippen molar-refractivity contribution in [1.82, 2.24) is 16.0 Å². The Labute approximate surface area is 162 Å². The number of esters is 1. The van der Waals surface area contributed by atoms with E-state index in [9.17, 15) is 19.2 Å². The van der Waals surface area contributed by atoms with Gasteiger partial charge in [0.1, 0.15) is 0 Å². The Morgan fingerprint density at radius 3 is 2.22 bits per heavy atom. The molecule has 8 nitrogen and oxygen atoms in total. The maximum atomic E-state index is 12.2. The molecule has 0 atom stereocenters. The van der Waals surface area contributed by atoms with Gasteiger partial charge in [0.15, 0.2) is 6.61 Å². The van der Waals surface area contributed by atoms with Gasteiger partial charge >= 0.3 is 12.0 Å². The minimum absolute atomic E-state index is 0.0321. The molecule has 0 saturated carbocycles. The molecular formula is C18H25N3O5S. The van der Waals surface area contributed by atoms with Crippen LogP contribution in [0.2, 0.25) is 0 Å². The summed E-state index contributed by atoms with van der Waals surface area (Å²) in [7, 11) is 0. The van der Waals surface area contributed by atoms with Crippen LogP contribution in [-0.4, -0.2) is 48.3 Å². The number of urea groups is 1. The van der Waals surface area contributed by atoms with Crippen LogP contribution in [0, 0.1) is 0 Å². The van der Waals surface area contributed by atoms with Gasteiger partial charge in [0.25, 0.3) is 5.91 Å². The van der Waals surface area contributed by atoms with E-state index in [2.05, 4.69) is 16.0 Å². The molecule has 9 heteroatoms. The van der Waals surface area contributed by atoms with Gasteiger partial charge in [0.05, 0.1) is 11.3 Å². The summed E-state index contributed by atoms with van der Waals surface area (Å²) >= 11 is 1.20. The smallest absolute Gasteiger partial charge is 0.339 e. The maximum absolute atomic E-state index is 12.2. The van der Waals surface area contributed by atoms with E-state index in [4.69, 9.17) is 4.74 Å². The minimum Gasteiger partial charge on any atom is -0.452 e. The fourth-order valence-corrected chi connectivity index (χ4v) is 2.79. The molecule has 1 aromatic carbocycles. The molecule has 0 unspecified atom stereocenters. The number of carbonyl (C=O) groups excluding carboxylic acids is 4. The number of hydrogen-bond donors (Lipinski definition) is 3. The van der Waals surface area contributed by atoms with Crippen LogP contribution >= 0.6 is 11.8 Å². The van der Waals surface area contributed by atoms with Crippen molar-refractivity contribution in [3.63, 3.8) is 0 Å². The van der Waals surface area contributed by atoms with Gasteiger partial charge in [-0.05, 0) is 39.8 Å². The lowest BCUT2D eigenvalue weighted by molar-refractivity contribution is -0.123. The number of ether oxygens (including phenoxy) is 1. The number of carbonyl (C=O) groups is 4. The summed E-state index contributed by atoms with van der Waals surface area (Å²) in [5, 5.41) is 7.32. The van der Waals surface area contributed by atoms with Crippen LogP contribution < -0.4 is 16.0 Å². The normalized spacial score (nSPS) is 10.4. The van der Waals surface area contributed by atoms with E-state index in [1.807, 2.05) is 13.8 Å². The van der Waals surface area contributed by atoms with E-state index in [1.54, 1.807) is 38.1 Å². The average molecular weight is 395 g/mol. The highest BCUT2D eigenvalue weighted by Gasteiger charge is 2.16. The molecule has 0 bridgehead atoms. The van der Waals surface area contributed by atoms with Gasteiger partial charge < -0.3 is 15.4 Å². The number of amides is 4. The fourth-order valence-electron chi connectivity index (χ4n) is 1.94. The van der Waals surface area contributed by atoms with Gasteiger partial charge in [-0.1, -0.05) is 12.1 Å². The Hall–Kier alpha value is -2.55. The monoisotopic (exact) mass is 395 g/mol. The Morgan fingerprint density at radius 2 is 1.59 bits per heavy atom. The van der Waals surface area contributed by atoms with Gasteiger partial charge in [0, 0.05) is 17.0 Å². The first kappa shape index (κ1) is 22.5. The second kappa shape index (κ2) is 11.2. The van der Waals surface area contributed by atoms with Crippen LogP contribution in [0.15, 0.2) is 29.2 Å². The first-order valence-corrected chi connectivity index (χ1v) is 9.46. The molecular weight excluding hydrogens is 370 g/mol. The SMILES string of the molecule is CC(C)NC(=O)CSc1ccccc1C(=O)OCC(=O)NC(=O)NC(C)C. The molecule has 0 aliphatic heterocycles. The molecule has 3 N–H and O–H groups in total. The molecule has 4 amide bonds. The second-order valence-electron chi connectivity index (χ2n) is 6.26. The van der Waals surface area contributed by atoms with Crippen LogP contribution in [0.1, 0.15) is 38.1 Å². The van der Waals surface area contributed by atoms with Crippen molar-refractivity contribution in [2.24, 2.45) is 0 Å². The highest BCUT2D eigenvalue weighted by Crippen LogP contribution is 2.23. The average Bonchev–Trinajstić information content (AvgIpc) is 2.56. The molecule has 0 radical (unpaired) electrons. The lowest BCUT2D eigenvalue weighted by Gasteiger charge is -2.11. The van der Waals surface area contributed by atoms with Crippen LogP contribution in [-0.2, 0) is 14.3 Å². The van der Waals surface area contributed by atoms with Gasteiger partial charge in [-0.15, -0.1) is 11.8 Å². The molecule has 148 valence electrons. The van der Waals surface area contributed by atoms with E-state index in [0.29, 0.717) is 4.90 Å². The van der Waals surface area contributed by atoms with Crippen LogP contribution in [0.5, 0.6) is 0 Å². The lowest BCUT2D eigenvalue weighted by atomic mass is 10.2. The number of nitrogens with one attached hydrogen (secondary N) is 3. The zero-order valence-electron chi connectivity index (χ0n) is 15.8. The summed E-state index contributed by atoms with van der Waals surface area (Å²) in [6.45, 7) is 6.64.